The van der Waals surface area contributed by atoms with E-state index in [2.05, 4.69) is 10.4 Å². The standard InChI is InChI=1S/C8H12F3N3/c1-5(2)4-12-7-3-6(13-14-7)8(9,10)11/h3,5H,4H2,1-2H3,(H2,12,13,14). The third-order valence-electron chi connectivity index (χ3n) is 1.57. The van der Waals surface area contributed by atoms with Crippen LogP contribution in [-0.4, -0.2) is 16.7 Å². The van der Waals surface area contributed by atoms with E-state index in [1.54, 1.807) is 0 Å². The average molecular weight is 207 g/mol. The van der Waals surface area contributed by atoms with Crippen LogP contribution >= 0.6 is 0 Å². The quantitative estimate of drug-likeness (QED) is 0.799. The second kappa shape index (κ2) is 3.89. The highest BCUT2D eigenvalue weighted by Gasteiger charge is 2.32. The minimum absolute atomic E-state index is 0.228. The Bertz CT molecular complexity index is 290. The number of H-pyrrole nitrogens is 1. The summed E-state index contributed by atoms with van der Waals surface area (Å²) < 4.78 is 36.3. The van der Waals surface area contributed by atoms with Gasteiger partial charge in [-0.3, -0.25) is 5.10 Å². The maximum atomic E-state index is 12.1. The van der Waals surface area contributed by atoms with Gasteiger partial charge in [0.25, 0.3) is 0 Å². The van der Waals surface area contributed by atoms with Crippen LogP contribution in [-0.2, 0) is 6.18 Å². The first-order chi connectivity index (χ1) is 6.39. The van der Waals surface area contributed by atoms with Crippen molar-refractivity contribution < 1.29 is 13.2 Å². The molecule has 0 aromatic carbocycles. The van der Waals surface area contributed by atoms with Crippen molar-refractivity contribution in [3.8, 4) is 0 Å². The predicted molar refractivity (Wildman–Crippen MR) is 46.9 cm³/mol. The lowest BCUT2D eigenvalue weighted by molar-refractivity contribution is -0.141. The van der Waals surface area contributed by atoms with E-state index in [-0.39, 0.29) is 5.82 Å². The minimum atomic E-state index is -4.36. The lowest BCUT2D eigenvalue weighted by atomic mass is 10.2. The largest absolute Gasteiger partial charge is 0.432 e. The molecular weight excluding hydrogens is 195 g/mol. The molecule has 0 radical (unpaired) electrons. The van der Waals surface area contributed by atoms with Crippen LogP contribution in [0.3, 0.4) is 0 Å². The summed E-state index contributed by atoms with van der Waals surface area (Å²) in [7, 11) is 0. The van der Waals surface area contributed by atoms with Crippen molar-refractivity contribution in [3.05, 3.63) is 11.8 Å². The van der Waals surface area contributed by atoms with Crippen LogP contribution in [0.15, 0.2) is 6.07 Å². The van der Waals surface area contributed by atoms with Crippen molar-refractivity contribution in [2.75, 3.05) is 11.9 Å². The highest BCUT2D eigenvalue weighted by Crippen LogP contribution is 2.28. The molecule has 6 heteroatoms. The molecule has 0 saturated carbocycles. The van der Waals surface area contributed by atoms with E-state index in [0.717, 1.165) is 6.07 Å². The molecule has 0 amide bonds. The van der Waals surface area contributed by atoms with Crippen molar-refractivity contribution in [3.63, 3.8) is 0 Å². The van der Waals surface area contributed by atoms with Gasteiger partial charge in [-0.15, -0.1) is 0 Å². The van der Waals surface area contributed by atoms with Gasteiger partial charge in [-0.05, 0) is 5.92 Å². The number of hydrogen-bond acceptors (Lipinski definition) is 2. The molecule has 0 aliphatic rings. The number of aromatic nitrogens is 2. The number of rotatable bonds is 3. The Balaban J connectivity index is 2.60. The molecule has 1 heterocycles. The van der Waals surface area contributed by atoms with Gasteiger partial charge in [-0.2, -0.15) is 18.3 Å². The molecule has 0 bridgehead atoms. The normalized spacial score (nSPS) is 12.1. The molecule has 0 aliphatic carbocycles. The molecule has 0 spiro atoms. The second-order valence-electron chi connectivity index (χ2n) is 3.44. The molecule has 0 atom stereocenters. The summed E-state index contributed by atoms with van der Waals surface area (Å²) in [5.41, 5.74) is -0.830. The summed E-state index contributed by atoms with van der Waals surface area (Å²) in [6.45, 7) is 4.52. The lowest BCUT2D eigenvalue weighted by Crippen LogP contribution is -2.08. The number of anilines is 1. The molecule has 0 saturated heterocycles. The van der Waals surface area contributed by atoms with Gasteiger partial charge in [0.2, 0.25) is 0 Å². The number of nitrogens with one attached hydrogen (secondary N) is 2. The molecule has 1 aromatic heterocycles. The van der Waals surface area contributed by atoms with Gasteiger partial charge < -0.3 is 5.32 Å². The molecule has 0 fully saturated rings. The van der Waals surface area contributed by atoms with E-state index in [4.69, 9.17) is 0 Å². The molecule has 1 aromatic rings. The fraction of sp³-hybridized carbons (Fsp3) is 0.625. The Hall–Kier alpha value is -1.20. The van der Waals surface area contributed by atoms with Crippen molar-refractivity contribution in [1.29, 1.82) is 0 Å². The van der Waals surface area contributed by atoms with E-state index >= 15 is 0 Å². The summed E-state index contributed by atoms with van der Waals surface area (Å²) >= 11 is 0. The van der Waals surface area contributed by atoms with Gasteiger partial charge in [0, 0.05) is 12.6 Å². The van der Waals surface area contributed by atoms with Gasteiger partial charge in [-0.25, -0.2) is 0 Å². The van der Waals surface area contributed by atoms with Crippen LogP contribution in [0.25, 0.3) is 0 Å². The topological polar surface area (TPSA) is 40.7 Å². The Labute approximate surface area is 79.7 Å². The van der Waals surface area contributed by atoms with Gasteiger partial charge in [-0.1, -0.05) is 13.8 Å². The SMILES string of the molecule is CC(C)CNc1cc(C(F)(F)F)[nH]n1. The van der Waals surface area contributed by atoms with E-state index in [1.807, 2.05) is 18.9 Å². The van der Waals surface area contributed by atoms with Gasteiger partial charge in [0.05, 0.1) is 0 Å². The van der Waals surface area contributed by atoms with E-state index in [9.17, 15) is 13.2 Å². The number of nitrogens with zero attached hydrogens (tertiary/aromatic N) is 1. The number of aromatic amines is 1. The molecule has 1 rings (SSSR count). The van der Waals surface area contributed by atoms with Crippen LogP contribution in [0.1, 0.15) is 19.5 Å². The highest BCUT2D eigenvalue weighted by molar-refractivity contribution is 5.35. The van der Waals surface area contributed by atoms with Crippen molar-refractivity contribution >= 4 is 5.82 Å². The van der Waals surface area contributed by atoms with Crippen LogP contribution in [0, 0.1) is 5.92 Å². The zero-order valence-electron chi connectivity index (χ0n) is 7.94. The Kier molecular flexibility index (Phi) is 3.03. The van der Waals surface area contributed by atoms with Gasteiger partial charge >= 0.3 is 6.18 Å². The molecule has 80 valence electrons. The molecule has 0 unspecified atom stereocenters. The van der Waals surface area contributed by atoms with Crippen LogP contribution in [0.2, 0.25) is 0 Å². The van der Waals surface area contributed by atoms with Gasteiger partial charge in [0.15, 0.2) is 0 Å². The number of hydrogen-bond donors (Lipinski definition) is 2. The molecule has 3 nitrogen and oxygen atoms in total. The summed E-state index contributed by atoms with van der Waals surface area (Å²) in [5.74, 6) is 0.590. The second-order valence-corrected chi connectivity index (χ2v) is 3.44. The van der Waals surface area contributed by atoms with Crippen LogP contribution in [0.5, 0.6) is 0 Å². The Morgan fingerprint density at radius 2 is 2.14 bits per heavy atom. The Morgan fingerprint density at radius 1 is 1.50 bits per heavy atom. The summed E-state index contributed by atoms with van der Waals surface area (Å²) in [6, 6.07) is 0.961. The zero-order chi connectivity index (χ0) is 10.8. The van der Waals surface area contributed by atoms with Crippen molar-refractivity contribution in [1.82, 2.24) is 10.2 Å². The maximum Gasteiger partial charge on any atom is 0.432 e. The van der Waals surface area contributed by atoms with Gasteiger partial charge in [0.1, 0.15) is 11.5 Å². The van der Waals surface area contributed by atoms with E-state index < -0.39 is 11.9 Å². The Morgan fingerprint density at radius 3 is 2.57 bits per heavy atom. The average Bonchev–Trinajstić information content (AvgIpc) is 2.47. The van der Waals surface area contributed by atoms with E-state index in [1.165, 1.54) is 0 Å². The summed E-state index contributed by atoms with van der Waals surface area (Å²) in [4.78, 5) is 0. The summed E-state index contributed by atoms with van der Waals surface area (Å²) in [5, 5.41) is 8.22. The maximum absolute atomic E-state index is 12.1. The fourth-order valence-electron chi connectivity index (χ4n) is 0.866. The number of alkyl halides is 3. The zero-order valence-corrected chi connectivity index (χ0v) is 7.94. The molecule has 2 N–H and O–H groups in total. The molecule has 14 heavy (non-hydrogen) atoms. The van der Waals surface area contributed by atoms with Crippen LogP contribution < -0.4 is 5.32 Å². The predicted octanol–water partition coefficient (Wildman–Crippen LogP) is 2.50. The first-order valence-electron chi connectivity index (χ1n) is 4.26. The van der Waals surface area contributed by atoms with Crippen LogP contribution in [0.4, 0.5) is 19.0 Å². The van der Waals surface area contributed by atoms with Crippen molar-refractivity contribution in [2.45, 2.75) is 20.0 Å². The first-order valence-corrected chi connectivity index (χ1v) is 4.26. The highest BCUT2D eigenvalue weighted by atomic mass is 19.4. The monoisotopic (exact) mass is 207 g/mol. The first kappa shape index (κ1) is 10.9. The fourth-order valence-corrected chi connectivity index (χ4v) is 0.866. The molecule has 0 aliphatic heterocycles. The van der Waals surface area contributed by atoms with Crippen molar-refractivity contribution in [2.24, 2.45) is 5.92 Å². The minimum Gasteiger partial charge on any atom is -0.368 e. The summed E-state index contributed by atoms with van der Waals surface area (Å²) in [6.07, 6.45) is -4.36. The van der Waals surface area contributed by atoms with E-state index in [0.29, 0.717) is 12.5 Å². The lowest BCUT2D eigenvalue weighted by Gasteiger charge is -2.04. The smallest absolute Gasteiger partial charge is 0.368 e. The third kappa shape index (κ3) is 2.93. The third-order valence-corrected chi connectivity index (χ3v) is 1.57. The molecular formula is C8H12F3N3. The number of halogens is 3.